The standard InChI is InChI=1S/C17H22Br2OS2/c18-13-12-21-17-15(19)14(22-16(13)17)10-8-6-4-2-1-3-5-7-9-11-20/h11-12H,1-10H2. The van der Waals surface area contributed by atoms with Gasteiger partial charge in [-0.15, -0.1) is 22.7 Å². The Morgan fingerprint density at radius 3 is 2.18 bits per heavy atom. The van der Waals surface area contributed by atoms with Crippen molar-refractivity contribution < 1.29 is 4.79 Å². The van der Waals surface area contributed by atoms with Crippen LogP contribution in [0.3, 0.4) is 0 Å². The monoisotopic (exact) mass is 464 g/mol. The van der Waals surface area contributed by atoms with Gasteiger partial charge in [-0.05, 0) is 51.1 Å². The van der Waals surface area contributed by atoms with E-state index in [1.165, 1.54) is 74.6 Å². The van der Waals surface area contributed by atoms with Gasteiger partial charge in [-0.25, -0.2) is 0 Å². The minimum absolute atomic E-state index is 0.739. The van der Waals surface area contributed by atoms with Crippen molar-refractivity contribution in [1.82, 2.24) is 0 Å². The van der Waals surface area contributed by atoms with E-state index in [1.807, 2.05) is 22.7 Å². The van der Waals surface area contributed by atoms with Gasteiger partial charge >= 0.3 is 0 Å². The summed E-state index contributed by atoms with van der Waals surface area (Å²) in [7, 11) is 0. The molecule has 0 unspecified atom stereocenters. The second-order valence-electron chi connectivity index (χ2n) is 5.61. The molecular weight excluding hydrogens is 444 g/mol. The maximum atomic E-state index is 10.2. The fraction of sp³-hybridized carbons (Fsp3) is 0.588. The third-order valence-corrected chi connectivity index (χ3v) is 8.85. The van der Waals surface area contributed by atoms with Gasteiger partial charge in [0.15, 0.2) is 0 Å². The second-order valence-corrected chi connectivity index (χ2v) is 9.25. The van der Waals surface area contributed by atoms with Gasteiger partial charge in [0.1, 0.15) is 6.29 Å². The van der Waals surface area contributed by atoms with Crippen LogP contribution in [0.1, 0.15) is 62.7 Å². The van der Waals surface area contributed by atoms with E-state index in [0.717, 1.165) is 19.1 Å². The van der Waals surface area contributed by atoms with Crippen molar-refractivity contribution >= 4 is 70.2 Å². The van der Waals surface area contributed by atoms with Crippen LogP contribution in [-0.2, 0) is 11.2 Å². The number of aldehydes is 1. The molecule has 0 amide bonds. The lowest BCUT2D eigenvalue weighted by Gasteiger charge is -2.02. The minimum atomic E-state index is 0.739. The van der Waals surface area contributed by atoms with Gasteiger partial charge < -0.3 is 4.79 Å². The first-order chi connectivity index (χ1) is 10.7. The Bertz CT molecular complexity index is 589. The van der Waals surface area contributed by atoms with Gasteiger partial charge in [-0.1, -0.05) is 38.5 Å². The fourth-order valence-corrected chi connectivity index (χ4v) is 6.73. The number of fused-ring (bicyclic) bond motifs is 1. The van der Waals surface area contributed by atoms with Crippen LogP contribution in [-0.4, -0.2) is 6.29 Å². The van der Waals surface area contributed by atoms with Gasteiger partial charge in [-0.2, -0.15) is 0 Å². The highest BCUT2D eigenvalue weighted by Crippen LogP contribution is 2.44. The molecule has 22 heavy (non-hydrogen) atoms. The molecule has 0 aliphatic heterocycles. The molecule has 5 heteroatoms. The van der Waals surface area contributed by atoms with Crippen molar-refractivity contribution in [1.29, 1.82) is 0 Å². The van der Waals surface area contributed by atoms with Crippen LogP contribution >= 0.6 is 54.5 Å². The summed E-state index contributed by atoms with van der Waals surface area (Å²) in [5.74, 6) is 0. The lowest BCUT2D eigenvalue weighted by molar-refractivity contribution is -0.107. The lowest BCUT2D eigenvalue weighted by atomic mass is 10.1. The van der Waals surface area contributed by atoms with Gasteiger partial charge in [0.2, 0.25) is 0 Å². The summed E-state index contributed by atoms with van der Waals surface area (Å²) in [6.45, 7) is 0. The van der Waals surface area contributed by atoms with Crippen molar-refractivity contribution in [2.45, 2.75) is 64.2 Å². The SMILES string of the molecule is O=CCCCCCCCCCCc1sc2c(Br)csc2c1Br. The maximum Gasteiger partial charge on any atom is 0.119 e. The molecule has 0 spiro atoms. The van der Waals surface area contributed by atoms with Gasteiger partial charge in [0, 0.05) is 25.6 Å². The lowest BCUT2D eigenvalue weighted by Crippen LogP contribution is -1.85. The number of aryl methyl sites for hydroxylation is 1. The molecule has 0 radical (unpaired) electrons. The topological polar surface area (TPSA) is 17.1 Å². The van der Waals surface area contributed by atoms with Crippen LogP contribution in [0.4, 0.5) is 0 Å². The minimum Gasteiger partial charge on any atom is -0.303 e. The van der Waals surface area contributed by atoms with Crippen LogP contribution in [0, 0.1) is 0 Å². The summed E-state index contributed by atoms with van der Waals surface area (Å²) < 4.78 is 5.34. The van der Waals surface area contributed by atoms with Crippen molar-refractivity contribution in [3.63, 3.8) is 0 Å². The normalized spacial score (nSPS) is 11.4. The van der Waals surface area contributed by atoms with Crippen LogP contribution in [0.15, 0.2) is 14.3 Å². The Balaban J connectivity index is 1.58. The molecule has 2 aromatic rings. The maximum absolute atomic E-state index is 10.2. The zero-order valence-corrected chi connectivity index (χ0v) is 17.5. The highest BCUT2D eigenvalue weighted by molar-refractivity contribution is 9.11. The Morgan fingerprint density at radius 2 is 1.55 bits per heavy atom. The van der Waals surface area contributed by atoms with E-state index < -0.39 is 0 Å². The van der Waals surface area contributed by atoms with Crippen molar-refractivity contribution in [2.75, 3.05) is 0 Å². The molecule has 0 atom stereocenters. The predicted molar refractivity (Wildman–Crippen MR) is 106 cm³/mol. The Labute approximate surface area is 157 Å². The average Bonchev–Trinajstić information content (AvgIpc) is 3.03. The molecule has 2 heterocycles. The number of thiophene rings is 2. The van der Waals surface area contributed by atoms with Crippen molar-refractivity contribution in [3.8, 4) is 0 Å². The zero-order valence-electron chi connectivity index (χ0n) is 12.7. The van der Waals surface area contributed by atoms with E-state index in [9.17, 15) is 4.79 Å². The van der Waals surface area contributed by atoms with E-state index in [-0.39, 0.29) is 0 Å². The molecule has 0 saturated carbocycles. The van der Waals surface area contributed by atoms with E-state index in [2.05, 4.69) is 37.2 Å². The molecule has 0 aliphatic rings. The quantitative estimate of drug-likeness (QED) is 0.245. The smallest absolute Gasteiger partial charge is 0.119 e. The number of unbranched alkanes of at least 4 members (excludes halogenated alkanes) is 8. The molecule has 0 aliphatic carbocycles. The highest BCUT2D eigenvalue weighted by atomic mass is 79.9. The number of halogens is 2. The van der Waals surface area contributed by atoms with Crippen LogP contribution in [0.2, 0.25) is 0 Å². The number of carbonyl (C=O) groups excluding carboxylic acids is 1. The van der Waals surface area contributed by atoms with E-state index in [0.29, 0.717) is 0 Å². The first-order valence-electron chi connectivity index (χ1n) is 8.01. The summed E-state index contributed by atoms with van der Waals surface area (Å²) in [4.78, 5) is 11.7. The third-order valence-electron chi connectivity index (χ3n) is 3.85. The Hall–Kier alpha value is 0.290. The average molecular weight is 466 g/mol. The molecule has 0 fully saturated rings. The summed E-state index contributed by atoms with van der Waals surface area (Å²) in [5, 5.41) is 2.17. The Kier molecular flexibility index (Phi) is 8.65. The summed E-state index contributed by atoms with van der Waals surface area (Å²) in [5.41, 5.74) is 0. The fourth-order valence-electron chi connectivity index (χ4n) is 2.60. The number of hydrogen-bond donors (Lipinski definition) is 0. The summed E-state index contributed by atoms with van der Waals surface area (Å²) in [6.07, 6.45) is 13.2. The molecule has 2 rings (SSSR count). The summed E-state index contributed by atoms with van der Waals surface area (Å²) in [6, 6.07) is 0. The van der Waals surface area contributed by atoms with E-state index in [1.54, 1.807) is 0 Å². The molecule has 0 bridgehead atoms. The first-order valence-corrected chi connectivity index (χ1v) is 11.3. The van der Waals surface area contributed by atoms with Gasteiger partial charge in [0.05, 0.1) is 9.40 Å². The second kappa shape index (κ2) is 10.2. The molecular formula is C17H22Br2OS2. The number of rotatable bonds is 11. The molecule has 0 N–H and O–H groups in total. The van der Waals surface area contributed by atoms with Crippen LogP contribution in [0.5, 0.6) is 0 Å². The summed E-state index contributed by atoms with van der Waals surface area (Å²) >= 11 is 11.1. The molecule has 0 saturated heterocycles. The molecule has 122 valence electrons. The highest BCUT2D eigenvalue weighted by Gasteiger charge is 2.13. The third kappa shape index (κ3) is 5.43. The number of carbonyl (C=O) groups is 1. The molecule has 1 nitrogen and oxygen atoms in total. The predicted octanol–water partition coefficient (Wildman–Crippen LogP) is 7.74. The zero-order chi connectivity index (χ0) is 15.8. The van der Waals surface area contributed by atoms with Gasteiger partial charge in [0.25, 0.3) is 0 Å². The molecule has 2 aromatic heterocycles. The largest absolute Gasteiger partial charge is 0.303 e. The Morgan fingerprint density at radius 1 is 0.909 bits per heavy atom. The van der Waals surface area contributed by atoms with Crippen molar-refractivity contribution in [3.05, 3.63) is 19.2 Å². The van der Waals surface area contributed by atoms with E-state index >= 15 is 0 Å². The van der Waals surface area contributed by atoms with Crippen LogP contribution < -0.4 is 0 Å². The molecule has 0 aromatic carbocycles. The van der Waals surface area contributed by atoms with Crippen LogP contribution in [0.25, 0.3) is 9.40 Å². The van der Waals surface area contributed by atoms with E-state index in [4.69, 9.17) is 0 Å². The van der Waals surface area contributed by atoms with Gasteiger partial charge in [-0.3, -0.25) is 0 Å². The van der Waals surface area contributed by atoms with Crippen molar-refractivity contribution in [2.24, 2.45) is 0 Å². The first kappa shape index (κ1) is 18.6. The number of hydrogen-bond acceptors (Lipinski definition) is 3.